The quantitative estimate of drug-likeness (QED) is 0.540. The van der Waals surface area contributed by atoms with Gasteiger partial charge < -0.3 is 0 Å². The van der Waals surface area contributed by atoms with E-state index >= 15 is 0 Å². The maximum atomic E-state index is 11.4. The van der Waals surface area contributed by atoms with Gasteiger partial charge in [0.15, 0.2) is 0 Å². The average Bonchev–Trinajstić information content (AvgIpc) is 2.45. The molecule has 3 atom stereocenters. The van der Waals surface area contributed by atoms with E-state index in [-0.39, 0.29) is 0 Å². The first-order valence-corrected chi connectivity index (χ1v) is 5.03. The van der Waals surface area contributed by atoms with Gasteiger partial charge in [-0.1, -0.05) is 20.8 Å². The van der Waals surface area contributed by atoms with Crippen LogP contribution in [0.1, 0.15) is 40.0 Å². The van der Waals surface area contributed by atoms with E-state index < -0.39 is 0 Å². The third-order valence-corrected chi connectivity index (χ3v) is 3.97. The van der Waals surface area contributed by atoms with Crippen LogP contribution in [0.4, 0.5) is 0 Å². The fourth-order valence-corrected chi connectivity index (χ4v) is 2.96. The summed E-state index contributed by atoms with van der Waals surface area (Å²) in [7, 11) is 0. The standard InChI is InChI=1S/C11H18O/c1-7-4-8(12)6-10-9(5-7)11(10,2)3/h7,9-10H,4-6H2,1-3H3. The number of carbonyl (C=O) groups excluding carboxylic acids is 1. The second-order valence-corrected chi connectivity index (χ2v) is 5.32. The maximum Gasteiger partial charge on any atom is 0.133 e. The SMILES string of the molecule is CC1CC(=O)CC2C(C1)C2(C)C. The Morgan fingerprint density at radius 1 is 1.25 bits per heavy atom. The highest BCUT2D eigenvalue weighted by atomic mass is 16.1. The van der Waals surface area contributed by atoms with E-state index in [1.165, 1.54) is 6.42 Å². The van der Waals surface area contributed by atoms with Crippen molar-refractivity contribution in [3.63, 3.8) is 0 Å². The Morgan fingerprint density at radius 2 is 1.92 bits per heavy atom. The topological polar surface area (TPSA) is 17.1 Å². The lowest BCUT2D eigenvalue weighted by Gasteiger charge is -2.10. The molecule has 2 fully saturated rings. The van der Waals surface area contributed by atoms with Crippen molar-refractivity contribution in [2.75, 3.05) is 0 Å². The van der Waals surface area contributed by atoms with Crippen LogP contribution >= 0.6 is 0 Å². The van der Waals surface area contributed by atoms with E-state index in [2.05, 4.69) is 20.8 Å². The van der Waals surface area contributed by atoms with Crippen molar-refractivity contribution in [1.82, 2.24) is 0 Å². The van der Waals surface area contributed by atoms with E-state index in [9.17, 15) is 4.79 Å². The molecule has 0 spiro atoms. The first-order valence-electron chi connectivity index (χ1n) is 5.03. The molecule has 1 heteroatoms. The number of carbonyl (C=O) groups is 1. The molecule has 0 amide bonds. The number of Topliss-reactive ketones (excluding diaryl/α,β-unsaturated/α-hetero) is 1. The second-order valence-electron chi connectivity index (χ2n) is 5.32. The van der Waals surface area contributed by atoms with Gasteiger partial charge in [-0.2, -0.15) is 0 Å². The summed E-state index contributed by atoms with van der Waals surface area (Å²) in [4.78, 5) is 11.4. The van der Waals surface area contributed by atoms with Crippen LogP contribution in [0.3, 0.4) is 0 Å². The molecule has 2 saturated carbocycles. The summed E-state index contributed by atoms with van der Waals surface area (Å²) in [6, 6.07) is 0. The molecule has 0 aromatic carbocycles. The minimum atomic E-state index is 0.477. The van der Waals surface area contributed by atoms with Crippen molar-refractivity contribution in [2.24, 2.45) is 23.2 Å². The molecule has 2 rings (SSSR count). The molecular weight excluding hydrogens is 148 g/mol. The molecular formula is C11H18O. The summed E-state index contributed by atoms with van der Waals surface area (Å²) in [5.74, 6) is 2.70. The number of ketones is 1. The van der Waals surface area contributed by atoms with Gasteiger partial charge in [-0.3, -0.25) is 4.79 Å². The minimum Gasteiger partial charge on any atom is -0.300 e. The van der Waals surface area contributed by atoms with Gasteiger partial charge >= 0.3 is 0 Å². The van der Waals surface area contributed by atoms with Crippen molar-refractivity contribution < 1.29 is 4.79 Å². The molecule has 68 valence electrons. The smallest absolute Gasteiger partial charge is 0.133 e. The third kappa shape index (κ3) is 1.10. The molecule has 0 radical (unpaired) electrons. The van der Waals surface area contributed by atoms with E-state index in [4.69, 9.17) is 0 Å². The lowest BCUT2D eigenvalue weighted by Crippen LogP contribution is -2.07. The first-order chi connectivity index (χ1) is 5.51. The van der Waals surface area contributed by atoms with Gasteiger partial charge in [0, 0.05) is 12.8 Å². The fourth-order valence-electron chi connectivity index (χ4n) is 2.96. The monoisotopic (exact) mass is 166 g/mol. The number of fused-ring (bicyclic) bond motifs is 1. The average molecular weight is 166 g/mol. The normalized spacial score (nSPS) is 44.9. The molecule has 12 heavy (non-hydrogen) atoms. The van der Waals surface area contributed by atoms with Crippen molar-refractivity contribution in [3.8, 4) is 0 Å². The number of hydrogen-bond acceptors (Lipinski definition) is 1. The van der Waals surface area contributed by atoms with Crippen LogP contribution in [-0.2, 0) is 4.79 Å². The number of rotatable bonds is 0. The van der Waals surface area contributed by atoms with Crippen molar-refractivity contribution in [3.05, 3.63) is 0 Å². The summed E-state index contributed by atoms with van der Waals surface area (Å²) in [5.41, 5.74) is 0.477. The van der Waals surface area contributed by atoms with E-state index in [1.54, 1.807) is 0 Å². The predicted octanol–water partition coefficient (Wildman–Crippen LogP) is 2.65. The Bertz CT molecular complexity index is 217. The molecule has 0 saturated heterocycles. The van der Waals surface area contributed by atoms with Crippen molar-refractivity contribution in [1.29, 1.82) is 0 Å². The van der Waals surface area contributed by atoms with Crippen LogP contribution in [-0.4, -0.2) is 5.78 Å². The Balaban J connectivity index is 2.11. The molecule has 0 aliphatic heterocycles. The summed E-state index contributed by atoms with van der Waals surface area (Å²) >= 11 is 0. The zero-order chi connectivity index (χ0) is 8.93. The van der Waals surface area contributed by atoms with Crippen LogP contribution in [0.5, 0.6) is 0 Å². The Hall–Kier alpha value is -0.330. The largest absolute Gasteiger partial charge is 0.300 e. The lowest BCUT2D eigenvalue weighted by atomic mass is 9.94. The molecule has 0 bridgehead atoms. The minimum absolute atomic E-state index is 0.477. The van der Waals surface area contributed by atoms with Gasteiger partial charge in [-0.25, -0.2) is 0 Å². The van der Waals surface area contributed by atoms with Crippen LogP contribution in [0.25, 0.3) is 0 Å². The highest BCUT2D eigenvalue weighted by Gasteiger charge is 2.58. The Morgan fingerprint density at radius 3 is 2.58 bits per heavy atom. The third-order valence-electron chi connectivity index (χ3n) is 3.97. The van der Waals surface area contributed by atoms with E-state index in [0.29, 0.717) is 17.1 Å². The first kappa shape index (κ1) is 8.28. The van der Waals surface area contributed by atoms with Crippen LogP contribution in [0.2, 0.25) is 0 Å². The van der Waals surface area contributed by atoms with Gasteiger partial charge in [0.2, 0.25) is 0 Å². The molecule has 3 unspecified atom stereocenters. The van der Waals surface area contributed by atoms with Crippen LogP contribution in [0, 0.1) is 23.2 Å². The van der Waals surface area contributed by atoms with E-state index in [1.807, 2.05) is 0 Å². The fraction of sp³-hybridized carbons (Fsp3) is 0.909. The molecule has 2 aliphatic rings. The highest BCUT2D eigenvalue weighted by Crippen LogP contribution is 2.63. The summed E-state index contributed by atoms with van der Waals surface area (Å²) in [6.45, 7) is 6.84. The molecule has 0 aromatic rings. The number of hydrogen-bond donors (Lipinski definition) is 0. The predicted molar refractivity (Wildman–Crippen MR) is 48.8 cm³/mol. The molecule has 1 nitrogen and oxygen atoms in total. The summed E-state index contributed by atoms with van der Waals surface area (Å²) in [5, 5.41) is 0. The van der Waals surface area contributed by atoms with Crippen LogP contribution < -0.4 is 0 Å². The summed E-state index contributed by atoms with van der Waals surface area (Å²) in [6.07, 6.45) is 2.98. The van der Waals surface area contributed by atoms with Gasteiger partial charge in [0.1, 0.15) is 5.78 Å². The van der Waals surface area contributed by atoms with Crippen molar-refractivity contribution in [2.45, 2.75) is 40.0 Å². The molecule has 0 heterocycles. The Labute approximate surface area is 74.5 Å². The molecule has 0 N–H and O–H groups in total. The van der Waals surface area contributed by atoms with E-state index in [0.717, 1.165) is 24.7 Å². The zero-order valence-electron chi connectivity index (χ0n) is 8.26. The van der Waals surface area contributed by atoms with Gasteiger partial charge in [0.25, 0.3) is 0 Å². The van der Waals surface area contributed by atoms with Gasteiger partial charge in [0.05, 0.1) is 0 Å². The lowest BCUT2D eigenvalue weighted by molar-refractivity contribution is -0.120. The van der Waals surface area contributed by atoms with Gasteiger partial charge in [-0.15, -0.1) is 0 Å². The van der Waals surface area contributed by atoms with Crippen molar-refractivity contribution >= 4 is 5.78 Å². The zero-order valence-corrected chi connectivity index (χ0v) is 8.26. The molecule has 2 aliphatic carbocycles. The highest BCUT2D eigenvalue weighted by molar-refractivity contribution is 5.79. The Kier molecular flexibility index (Phi) is 1.61. The molecule has 0 aromatic heterocycles. The van der Waals surface area contributed by atoms with Crippen LogP contribution in [0.15, 0.2) is 0 Å². The van der Waals surface area contributed by atoms with Gasteiger partial charge in [-0.05, 0) is 29.6 Å². The maximum absolute atomic E-state index is 11.4. The summed E-state index contributed by atoms with van der Waals surface area (Å²) < 4.78 is 0. The second kappa shape index (κ2) is 2.34.